The fraction of sp³-hybridized carbons (Fsp3) is 0.111. The smallest absolute Gasteiger partial charge is 0.139 e. The minimum absolute atomic E-state index is 0.00343. The highest BCUT2D eigenvalue weighted by atomic mass is 79.9. The molecule has 4 aromatic rings. The van der Waals surface area contributed by atoms with E-state index in [1.54, 1.807) is 12.5 Å². The number of benzene rings is 2. The Labute approximate surface area is 164 Å². The first-order valence-corrected chi connectivity index (χ1v) is 9.81. The number of hydrogen-bond acceptors (Lipinski definition) is 3. The first-order valence-electron chi connectivity index (χ1n) is 7.10. The molecule has 124 valence electrons. The number of aliphatic hydroxyl groups is 1. The van der Waals surface area contributed by atoms with E-state index < -0.39 is 0 Å². The van der Waals surface area contributed by atoms with Gasteiger partial charge in [0.2, 0.25) is 0 Å². The molecule has 0 atom stereocenters. The summed E-state index contributed by atoms with van der Waals surface area (Å²) in [6.07, 6.45) is 3.33. The van der Waals surface area contributed by atoms with E-state index in [-0.39, 0.29) is 6.61 Å². The molecule has 1 N–H and O–H groups in total. The molecule has 0 aliphatic carbocycles. The fourth-order valence-electron chi connectivity index (χ4n) is 2.45. The lowest BCUT2D eigenvalue weighted by atomic mass is 10.2. The van der Waals surface area contributed by atoms with Crippen molar-refractivity contribution >= 4 is 69.7 Å². The Balaban J connectivity index is 0.000000141. The second-order valence-corrected chi connectivity index (χ2v) is 7.49. The Morgan fingerprint density at radius 1 is 0.792 bits per heavy atom. The van der Waals surface area contributed by atoms with Crippen molar-refractivity contribution in [1.82, 2.24) is 0 Å². The SMILES string of the molecule is BrCc1cc(Br)cc2ccoc12.OCc1cc(Br)cc2ccoc12. The quantitative estimate of drug-likeness (QED) is 0.299. The molecule has 6 heteroatoms. The summed E-state index contributed by atoms with van der Waals surface area (Å²) in [5.74, 6) is 0. The van der Waals surface area contributed by atoms with E-state index >= 15 is 0 Å². The van der Waals surface area contributed by atoms with Gasteiger partial charge in [0.05, 0.1) is 19.1 Å². The molecule has 2 heterocycles. The summed E-state index contributed by atoms with van der Waals surface area (Å²) in [6.45, 7) is 0.00343. The number of halogens is 3. The van der Waals surface area contributed by atoms with E-state index in [2.05, 4.69) is 53.9 Å². The molecule has 0 spiro atoms. The van der Waals surface area contributed by atoms with E-state index in [4.69, 9.17) is 13.9 Å². The summed E-state index contributed by atoms with van der Waals surface area (Å²) in [6, 6.07) is 11.8. The van der Waals surface area contributed by atoms with E-state index in [1.807, 2.05) is 30.3 Å². The molecule has 0 radical (unpaired) electrons. The third kappa shape index (κ3) is 3.77. The standard InChI is InChI=1S/C9H6Br2O.C9H7BrO2/c10-5-7-4-8(11)3-6-1-2-12-9(6)7;10-8-3-6-1-2-12-9(6)7(4-8)5-11/h1-4H,5H2;1-4,11H,5H2. The van der Waals surface area contributed by atoms with Crippen LogP contribution in [0.25, 0.3) is 21.9 Å². The third-order valence-corrected chi connectivity index (χ3v) is 5.02. The summed E-state index contributed by atoms with van der Waals surface area (Å²) < 4.78 is 12.6. The van der Waals surface area contributed by atoms with E-state index in [1.165, 1.54) is 5.56 Å². The van der Waals surface area contributed by atoms with Crippen LogP contribution in [0.5, 0.6) is 0 Å². The van der Waals surface area contributed by atoms with Crippen molar-refractivity contribution in [3.05, 3.63) is 69.0 Å². The van der Waals surface area contributed by atoms with Crippen LogP contribution >= 0.6 is 47.8 Å². The molecule has 0 bridgehead atoms. The lowest BCUT2D eigenvalue weighted by molar-refractivity contribution is 0.281. The summed E-state index contributed by atoms with van der Waals surface area (Å²) >= 11 is 10.2. The Morgan fingerprint density at radius 2 is 1.29 bits per heavy atom. The van der Waals surface area contributed by atoms with Crippen LogP contribution in [-0.4, -0.2) is 5.11 Å². The minimum atomic E-state index is 0.00343. The summed E-state index contributed by atoms with van der Waals surface area (Å²) in [4.78, 5) is 0. The van der Waals surface area contributed by atoms with Crippen LogP contribution < -0.4 is 0 Å². The van der Waals surface area contributed by atoms with Crippen molar-refractivity contribution in [2.45, 2.75) is 11.9 Å². The summed E-state index contributed by atoms with van der Waals surface area (Å²) in [5, 5.41) is 12.0. The number of alkyl halides is 1. The van der Waals surface area contributed by atoms with Crippen molar-refractivity contribution in [3.63, 3.8) is 0 Å². The van der Waals surface area contributed by atoms with Gasteiger partial charge in [-0.15, -0.1) is 0 Å². The van der Waals surface area contributed by atoms with Gasteiger partial charge < -0.3 is 13.9 Å². The van der Waals surface area contributed by atoms with Gasteiger partial charge >= 0.3 is 0 Å². The van der Waals surface area contributed by atoms with Gasteiger partial charge in [0.15, 0.2) is 0 Å². The van der Waals surface area contributed by atoms with Crippen LogP contribution in [0, 0.1) is 0 Å². The van der Waals surface area contributed by atoms with Crippen LogP contribution in [0.3, 0.4) is 0 Å². The van der Waals surface area contributed by atoms with Gasteiger partial charge in [0.1, 0.15) is 11.2 Å². The van der Waals surface area contributed by atoms with Gasteiger partial charge in [0.25, 0.3) is 0 Å². The van der Waals surface area contributed by atoms with E-state index in [0.29, 0.717) is 0 Å². The molecule has 24 heavy (non-hydrogen) atoms. The molecule has 3 nitrogen and oxygen atoms in total. The average Bonchev–Trinajstić information content (AvgIpc) is 3.22. The highest BCUT2D eigenvalue weighted by Gasteiger charge is 2.05. The molecule has 0 amide bonds. The monoisotopic (exact) mass is 514 g/mol. The normalized spacial score (nSPS) is 10.8. The predicted molar refractivity (Wildman–Crippen MR) is 106 cm³/mol. The Bertz CT molecular complexity index is 892. The Kier molecular flexibility index (Phi) is 5.81. The summed E-state index contributed by atoms with van der Waals surface area (Å²) in [5.41, 5.74) is 3.71. The Hall–Kier alpha value is -1.08. The Morgan fingerprint density at radius 3 is 1.79 bits per heavy atom. The third-order valence-electron chi connectivity index (χ3n) is 3.50. The maximum absolute atomic E-state index is 9.00. The van der Waals surface area contributed by atoms with Crippen molar-refractivity contribution in [2.24, 2.45) is 0 Å². The lowest BCUT2D eigenvalue weighted by Gasteiger charge is -1.98. The van der Waals surface area contributed by atoms with Crippen LogP contribution in [0.15, 0.2) is 66.7 Å². The van der Waals surface area contributed by atoms with Crippen LogP contribution in [0.4, 0.5) is 0 Å². The first kappa shape index (κ1) is 17.7. The van der Waals surface area contributed by atoms with Gasteiger partial charge in [-0.1, -0.05) is 47.8 Å². The number of hydrogen-bond donors (Lipinski definition) is 1. The van der Waals surface area contributed by atoms with Gasteiger partial charge in [-0.2, -0.15) is 0 Å². The van der Waals surface area contributed by atoms with Crippen molar-refractivity contribution < 1.29 is 13.9 Å². The number of rotatable bonds is 2. The van der Waals surface area contributed by atoms with Crippen molar-refractivity contribution in [3.8, 4) is 0 Å². The lowest BCUT2D eigenvalue weighted by Crippen LogP contribution is -1.83. The number of furan rings is 2. The molecule has 0 aliphatic rings. The molecular formula is C18H13Br3O3. The maximum atomic E-state index is 9.00. The topological polar surface area (TPSA) is 46.5 Å². The molecule has 4 rings (SSSR count). The molecule has 2 aromatic heterocycles. The molecule has 2 aromatic carbocycles. The molecular weight excluding hydrogens is 504 g/mol. The molecule has 0 aliphatic heterocycles. The van der Waals surface area contributed by atoms with Gasteiger partial charge in [-0.05, 0) is 36.4 Å². The second kappa shape index (κ2) is 7.87. The highest BCUT2D eigenvalue weighted by Crippen LogP contribution is 2.27. The highest BCUT2D eigenvalue weighted by molar-refractivity contribution is 9.10. The van der Waals surface area contributed by atoms with Crippen molar-refractivity contribution in [2.75, 3.05) is 0 Å². The van der Waals surface area contributed by atoms with E-state index in [9.17, 15) is 0 Å². The fourth-order valence-corrected chi connectivity index (χ4v) is 3.91. The zero-order chi connectivity index (χ0) is 17.1. The molecule has 0 fully saturated rings. The minimum Gasteiger partial charge on any atom is -0.464 e. The van der Waals surface area contributed by atoms with Crippen LogP contribution in [0.1, 0.15) is 11.1 Å². The van der Waals surface area contributed by atoms with Gasteiger partial charge in [0, 0.05) is 36.2 Å². The van der Waals surface area contributed by atoms with Crippen molar-refractivity contribution in [1.29, 1.82) is 0 Å². The van der Waals surface area contributed by atoms with Crippen LogP contribution in [-0.2, 0) is 11.9 Å². The second-order valence-electron chi connectivity index (χ2n) is 5.10. The number of aliphatic hydroxyl groups excluding tert-OH is 1. The predicted octanol–water partition coefficient (Wildman–Crippen LogP) is 6.78. The molecule has 0 saturated carbocycles. The average molecular weight is 517 g/mol. The first-order chi connectivity index (χ1) is 11.6. The van der Waals surface area contributed by atoms with Gasteiger partial charge in [-0.3, -0.25) is 0 Å². The summed E-state index contributed by atoms with van der Waals surface area (Å²) in [7, 11) is 0. The van der Waals surface area contributed by atoms with E-state index in [0.717, 1.165) is 41.8 Å². The van der Waals surface area contributed by atoms with Gasteiger partial charge in [-0.25, -0.2) is 0 Å². The largest absolute Gasteiger partial charge is 0.464 e. The number of fused-ring (bicyclic) bond motifs is 2. The molecule has 0 unspecified atom stereocenters. The maximum Gasteiger partial charge on any atom is 0.139 e. The zero-order valence-electron chi connectivity index (χ0n) is 12.4. The molecule has 0 saturated heterocycles. The zero-order valence-corrected chi connectivity index (χ0v) is 17.2. The van der Waals surface area contributed by atoms with Crippen LogP contribution in [0.2, 0.25) is 0 Å².